The van der Waals surface area contributed by atoms with Gasteiger partial charge in [-0.15, -0.1) is 0 Å². The maximum absolute atomic E-state index is 12.2. The molecule has 2 aromatic rings. The van der Waals surface area contributed by atoms with Crippen molar-refractivity contribution in [3.05, 3.63) is 24.1 Å². The predicted molar refractivity (Wildman–Crippen MR) is 76.8 cm³/mol. The van der Waals surface area contributed by atoms with Gasteiger partial charge in [0.25, 0.3) is 5.91 Å². The number of ether oxygens (including phenoxy) is 1. The SMILES string of the molecule is COCc1nc2cc(NC(=O)C3(O)CCCC3)ccc2o1. The molecule has 1 heterocycles. The summed E-state index contributed by atoms with van der Waals surface area (Å²) in [5, 5.41) is 13.0. The minimum Gasteiger partial charge on any atom is -0.438 e. The monoisotopic (exact) mass is 290 g/mol. The van der Waals surface area contributed by atoms with Gasteiger partial charge in [-0.25, -0.2) is 4.98 Å². The van der Waals surface area contributed by atoms with E-state index in [4.69, 9.17) is 9.15 Å². The van der Waals surface area contributed by atoms with Gasteiger partial charge in [0.05, 0.1) is 0 Å². The molecule has 1 aliphatic carbocycles. The molecule has 0 atom stereocenters. The standard InChI is InChI=1S/C15H18N2O4/c1-20-9-13-17-11-8-10(4-5-12(11)21-13)16-14(18)15(19)6-2-3-7-15/h4-5,8,19H,2-3,6-7,9H2,1H3,(H,16,18). The highest BCUT2D eigenvalue weighted by atomic mass is 16.5. The second kappa shape index (κ2) is 5.46. The normalized spacial score (nSPS) is 17.2. The summed E-state index contributed by atoms with van der Waals surface area (Å²) in [5.74, 6) is 0.144. The van der Waals surface area contributed by atoms with E-state index in [0.29, 0.717) is 42.1 Å². The van der Waals surface area contributed by atoms with E-state index in [1.54, 1.807) is 25.3 Å². The molecule has 1 aromatic heterocycles. The number of amides is 1. The van der Waals surface area contributed by atoms with Crippen LogP contribution in [0.3, 0.4) is 0 Å². The lowest BCUT2D eigenvalue weighted by Crippen LogP contribution is -2.40. The van der Waals surface area contributed by atoms with Gasteiger partial charge in [-0.2, -0.15) is 0 Å². The van der Waals surface area contributed by atoms with Gasteiger partial charge in [-0.05, 0) is 43.9 Å². The van der Waals surface area contributed by atoms with Gasteiger partial charge in [-0.3, -0.25) is 4.79 Å². The molecule has 1 saturated carbocycles. The smallest absolute Gasteiger partial charge is 0.256 e. The van der Waals surface area contributed by atoms with Crippen molar-refractivity contribution >= 4 is 22.7 Å². The summed E-state index contributed by atoms with van der Waals surface area (Å²) in [6.07, 6.45) is 2.80. The Kier molecular flexibility index (Phi) is 3.65. The first-order valence-corrected chi connectivity index (χ1v) is 7.03. The quantitative estimate of drug-likeness (QED) is 0.902. The molecule has 6 heteroatoms. The number of fused-ring (bicyclic) bond motifs is 1. The van der Waals surface area contributed by atoms with Crippen molar-refractivity contribution in [3.8, 4) is 0 Å². The zero-order valence-electron chi connectivity index (χ0n) is 11.9. The second-order valence-corrected chi connectivity index (χ2v) is 5.42. The van der Waals surface area contributed by atoms with Crippen LogP contribution in [0.1, 0.15) is 31.6 Å². The Balaban J connectivity index is 1.79. The first kappa shape index (κ1) is 14.0. The van der Waals surface area contributed by atoms with E-state index < -0.39 is 5.60 Å². The highest BCUT2D eigenvalue weighted by Gasteiger charge is 2.38. The molecule has 112 valence electrons. The van der Waals surface area contributed by atoms with Crippen molar-refractivity contribution < 1.29 is 19.1 Å². The van der Waals surface area contributed by atoms with Crippen LogP contribution in [0.25, 0.3) is 11.1 Å². The molecular weight excluding hydrogens is 272 g/mol. The number of rotatable bonds is 4. The van der Waals surface area contributed by atoms with Gasteiger partial charge in [0, 0.05) is 12.8 Å². The number of hydrogen-bond acceptors (Lipinski definition) is 5. The van der Waals surface area contributed by atoms with Gasteiger partial charge in [-0.1, -0.05) is 0 Å². The van der Waals surface area contributed by atoms with Crippen LogP contribution in [-0.4, -0.2) is 28.7 Å². The van der Waals surface area contributed by atoms with Crippen LogP contribution >= 0.6 is 0 Å². The molecular formula is C15H18N2O4. The number of nitrogens with zero attached hydrogens (tertiary/aromatic N) is 1. The van der Waals surface area contributed by atoms with E-state index >= 15 is 0 Å². The maximum atomic E-state index is 12.2. The summed E-state index contributed by atoms with van der Waals surface area (Å²) in [5.41, 5.74) is 0.656. The second-order valence-electron chi connectivity index (χ2n) is 5.42. The highest BCUT2D eigenvalue weighted by Crippen LogP contribution is 2.31. The van der Waals surface area contributed by atoms with Crippen molar-refractivity contribution in [2.24, 2.45) is 0 Å². The summed E-state index contributed by atoms with van der Waals surface area (Å²) >= 11 is 0. The first-order valence-electron chi connectivity index (χ1n) is 7.03. The molecule has 0 aliphatic heterocycles. The molecule has 0 saturated heterocycles. The Morgan fingerprint density at radius 2 is 2.24 bits per heavy atom. The molecule has 2 N–H and O–H groups in total. The Morgan fingerprint density at radius 1 is 1.48 bits per heavy atom. The third-order valence-corrected chi connectivity index (χ3v) is 3.81. The summed E-state index contributed by atoms with van der Waals surface area (Å²) < 4.78 is 10.5. The molecule has 1 aliphatic rings. The van der Waals surface area contributed by atoms with Crippen molar-refractivity contribution in [3.63, 3.8) is 0 Å². The molecule has 0 bridgehead atoms. The fraction of sp³-hybridized carbons (Fsp3) is 0.467. The number of aliphatic hydroxyl groups is 1. The molecule has 1 amide bonds. The predicted octanol–water partition coefficient (Wildman–Crippen LogP) is 2.22. The largest absolute Gasteiger partial charge is 0.438 e. The van der Waals surface area contributed by atoms with Crippen molar-refractivity contribution in [2.45, 2.75) is 37.9 Å². The van der Waals surface area contributed by atoms with Crippen LogP contribution in [0.5, 0.6) is 0 Å². The lowest BCUT2D eigenvalue weighted by molar-refractivity contribution is -0.133. The molecule has 1 aromatic carbocycles. The zero-order chi connectivity index (χ0) is 14.9. The molecule has 0 radical (unpaired) electrons. The summed E-state index contributed by atoms with van der Waals surface area (Å²) in [6, 6.07) is 5.21. The lowest BCUT2D eigenvalue weighted by Gasteiger charge is -2.20. The Morgan fingerprint density at radius 3 is 2.95 bits per heavy atom. The number of oxazole rings is 1. The fourth-order valence-electron chi connectivity index (χ4n) is 2.67. The van der Waals surface area contributed by atoms with Crippen LogP contribution in [-0.2, 0) is 16.1 Å². The first-order chi connectivity index (χ1) is 10.1. The van der Waals surface area contributed by atoms with E-state index in [9.17, 15) is 9.90 Å². The topological polar surface area (TPSA) is 84.6 Å². The Labute approximate surface area is 122 Å². The third-order valence-electron chi connectivity index (χ3n) is 3.81. The number of methoxy groups -OCH3 is 1. The van der Waals surface area contributed by atoms with Crippen molar-refractivity contribution in [1.82, 2.24) is 4.98 Å². The average Bonchev–Trinajstić information content (AvgIpc) is 3.05. The van der Waals surface area contributed by atoms with Gasteiger partial charge in [0.15, 0.2) is 5.58 Å². The van der Waals surface area contributed by atoms with Crippen LogP contribution in [0.2, 0.25) is 0 Å². The molecule has 21 heavy (non-hydrogen) atoms. The average molecular weight is 290 g/mol. The minimum atomic E-state index is -1.24. The molecule has 1 fully saturated rings. The van der Waals surface area contributed by atoms with Crippen LogP contribution in [0.4, 0.5) is 5.69 Å². The van der Waals surface area contributed by atoms with E-state index in [0.717, 1.165) is 12.8 Å². The zero-order valence-corrected chi connectivity index (χ0v) is 11.9. The van der Waals surface area contributed by atoms with E-state index in [-0.39, 0.29) is 5.91 Å². The Bertz CT molecular complexity index is 659. The molecule has 0 spiro atoms. The van der Waals surface area contributed by atoms with Crippen LogP contribution < -0.4 is 5.32 Å². The number of carbonyl (C=O) groups is 1. The van der Waals surface area contributed by atoms with E-state index in [1.807, 2.05) is 0 Å². The summed E-state index contributed by atoms with van der Waals surface area (Å²) in [7, 11) is 1.57. The van der Waals surface area contributed by atoms with Gasteiger partial charge in [0.1, 0.15) is 17.7 Å². The molecule has 6 nitrogen and oxygen atoms in total. The Hall–Kier alpha value is -1.92. The van der Waals surface area contributed by atoms with Gasteiger partial charge >= 0.3 is 0 Å². The van der Waals surface area contributed by atoms with Crippen LogP contribution in [0, 0.1) is 0 Å². The number of benzene rings is 1. The molecule has 3 rings (SSSR count). The number of nitrogens with one attached hydrogen (secondary N) is 1. The number of aromatic nitrogens is 1. The third kappa shape index (κ3) is 2.77. The van der Waals surface area contributed by atoms with Crippen LogP contribution in [0.15, 0.2) is 22.6 Å². The number of anilines is 1. The maximum Gasteiger partial charge on any atom is 0.256 e. The van der Waals surface area contributed by atoms with E-state index in [2.05, 4.69) is 10.3 Å². The summed E-state index contributed by atoms with van der Waals surface area (Å²) in [6.45, 7) is 0.302. The number of carbonyl (C=O) groups excluding carboxylic acids is 1. The fourth-order valence-corrected chi connectivity index (χ4v) is 2.67. The summed E-state index contributed by atoms with van der Waals surface area (Å²) in [4.78, 5) is 16.4. The van der Waals surface area contributed by atoms with Gasteiger partial charge < -0.3 is 19.6 Å². The van der Waals surface area contributed by atoms with Crippen molar-refractivity contribution in [2.75, 3.05) is 12.4 Å². The van der Waals surface area contributed by atoms with Gasteiger partial charge in [0.2, 0.25) is 5.89 Å². The highest BCUT2D eigenvalue weighted by molar-refractivity contribution is 5.98. The number of hydrogen-bond donors (Lipinski definition) is 2. The minimum absolute atomic E-state index is 0.302. The molecule has 0 unspecified atom stereocenters. The van der Waals surface area contributed by atoms with Crippen molar-refractivity contribution in [1.29, 1.82) is 0 Å². The lowest BCUT2D eigenvalue weighted by atomic mass is 10.0. The van der Waals surface area contributed by atoms with E-state index in [1.165, 1.54) is 0 Å².